The molecule has 27 heavy (non-hydrogen) atoms. The molecule has 0 radical (unpaired) electrons. The Balaban J connectivity index is 1.67. The van der Waals surface area contributed by atoms with E-state index in [2.05, 4.69) is 20.3 Å². The van der Waals surface area contributed by atoms with E-state index in [1.165, 1.54) is 24.2 Å². The lowest BCUT2D eigenvalue weighted by Gasteiger charge is -2.12. The number of hydrogen-bond donors (Lipinski definition) is 2. The van der Waals surface area contributed by atoms with Crippen LogP contribution in [0, 0.1) is 11.6 Å². The van der Waals surface area contributed by atoms with Crippen LogP contribution in [0.3, 0.4) is 0 Å². The van der Waals surface area contributed by atoms with Crippen molar-refractivity contribution < 1.29 is 8.78 Å². The average Bonchev–Trinajstić information content (AvgIpc) is 2.67. The van der Waals surface area contributed by atoms with Crippen molar-refractivity contribution in [3.05, 3.63) is 72.7 Å². The highest BCUT2D eigenvalue weighted by atomic mass is 32.2. The predicted octanol–water partition coefficient (Wildman–Crippen LogP) is 4.78. The lowest BCUT2D eigenvalue weighted by Crippen LogP contribution is -2.03. The molecule has 0 spiro atoms. The van der Waals surface area contributed by atoms with E-state index in [1.807, 2.05) is 30.3 Å². The smallest absolute Gasteiger partial charge is 0.158 e. The minimum atomic E-state index is -0.736. The average molecular weight is 381 g/mol. The number of nitrogens with one attached hydrogen (secondary N) is 1. The number of nitrogen functional groups attached to an aromatic ring is 1. The van der Waals surface area contributed by atoms with Gasteiger partial charge in [0.2, 0.25) is 0 Å². The first-order valence-corrected chi connectivity index (χ1v) is 8.77. The summed E-state index contributed by atoms with van der Waals surface area (Å²) in [6.07, 6.45) is 3.06. The van der Waals surface area contributed by atoms with E-state index in [4.69, 9.17) is 5.73 Å². The van der Waals surface area contributed by atoms with Gasteiger partial charge in [-0.25, -0.2) is 18.7 Å². The molecule has 2 heterocycles. The van der Waals surface area contributed by atoms with Gasteiger partial charge >= 0.3 is 0 Å². The van der Waals surface area contributed by atoms with E-state index >= 15 is 0 Å². The van der Waals surface area contributed by atoms with Crippen LogP contribution >= 0.6 is 11.8 Å². The molecule has 4 rings (SSSR count). The van der Waals surface area contributed by atoms with Crippen LogP contribution in [0.2, 0.25) is 0 Å². The number of fused-ring (bicyclic) bond motifs is 1. The SMILES string of the molecule is Nc1c(Nc2ccc(F)cc2F)ncnc1Sc1cccc2cccnc12. The minimum Gasteiger partial charge on any atom is -0.394 e. The normalized spacial score (nSPS) is 10.9. The summed E-state index contributed by atoms with van der Waals surface area (Å²) < 4.78 is 27.0. The third kappa shape index (κ3) is 3.52. The molecule has 4 aromatic rings. The summed E-state index contributed by atoms with van der Waals surface area (Å²) in [4.78, 5) is 13.6. The fourth-order valence-electron chi connectivity index (χ4n) is 2.54. The Hall–Kier alpha value is -3.26. The molecule has 2 aromatic carbocycles. The Morgan fingerprint density at radius 2 is 1.81 bits per heavy atom. The third-order valence-electron chi connectivity index (χ3n) is 3.83. The topological polar surface area (TPSA) is 76.7 Å². The zero-order chi connectivity index (χ0) is 18.8. The van der Waals surface area contributed by atoms with Gasteiger partial charge in [-0.15, -0.1) is 0 Å². The summed E-state index contributed by atoms with van der Waals surface area (Å²) in [5.74, 6) is -1.15. The molecule has 0 aliphatic heterocycles. The van der Waals surface area contributed by atoms with Crippen LogP contribution in [0.25, 0.3) is 10.9 Å². The number of anilines is 3. The molecule has 0 aliphatic carbocycles. The van der Waals surface area contributed by atoms with Crippen molar-refractivity contribution in [1.29, 1.82) is 0 Å². The largest absolute Gasteiger partial charge is 0.394 e. The highest BCUT2D eigenvalue weighted by molar-refractivity contribution is 7.99. The van der Waals surface area contributed by atoms with Gasteiger partial charge in [-0.05, 0) is 24.3 Å². The van der Waals surface area contributed by atoms with E-state index in [0.717, 1.165) is 27.9 Å². The molecule has 0 saturated heterocycles. The Morgan fingerprint density at radius 1 is 0.963 bits per heavy atom. The highest BCUT2D eigenvalue weighted by Crippen LogP contribution is 2.36. The molecule has 0 unspecified atom stereocenters. The van der Waals surface area contributed by atoms with Crippen LogP contribution in [0.1, 0.15) is 0 Å². The van der Waals surface area contributed by atoms with Crippen molar-refractivity contribution in [1.82, 2.24) is 15.0 Å². The number of pyridine rings is 1. The number of rotatable bonds is 4. The van der Waals surface area contributed by atoms with Crippen LogP contribution in [-0.2, 0) is 0 Å². The fourth-order valence-corrected chi connectivity index (χ4v) is 3.47. The Bertz CT molecular complexity index is 1130. The van der Waals surface area contributed by atoms with Gasteiger partial charge in [0.15, 0.2) is 5.82 Å². The molecule has 2 aromatic heterocycles. The van der Waals surface area contributed by atoms with Gasteiger partial charge in [0, 0.05) is 22.5 Å². The van der Waals surface area contributed by atoms with Gasteiger partial charge in [0.25, 0.3) is 0 Å². The van der Waals surface area contributed by atoms with E-state index in [1.54, 1.807) is 6.20 Å². The molecule has 8 heteroatoms. The summed E-state index contributed by atoms with van der Waals surface area (Å²) in [6.45, 7) is 0. The van der Waals surface area contributed by atoms with Crippen molar-refractivity contribution >= 4 is 39.9 Å². The van der Waals surface area contributed by atoms with Crippen LogP contribution in [-0.4, -0.2) is 15.0 Å². The number of aromatic nitrogens is 3. The van der Waals surface area contributed by atoms with Gasteiger partial charge in [-0.2, -0.15) is 0 Å². The first-order chi connectivity index (χ1) is 13.1. The first kappa shape index (κ1) is 17.2. The highest BCUT2D eigenvalue weighted by Gasteiger charge is 2.13. The molecule has 0 aliphatic rings. The summed E-state index contributed by atoms with van der Waals surface area (Å²) in [5, 5.41) is 4.29. The van der Waals surface area contributed by atoms with Crippen molar-refractivity contribution in [2.45, 2.75) is 9.92 Å². The minimum absolute atomic E-state index is 0.0737. The van der Waals surface area contributed by atoms with Crippen LogP contribution in [0.5, 0.6) is 0 Å². The zero-order valence-electron chi connectivity index (χ0n) is 13.9. The van der Waals surface area contributed by atoms with Crippen LogP contribution in [0.4, 0.5) is 26.0 Å². The Labute approximate surface area is 157 Å². The molecule has 134 valence electrons. The molecule has 0 fully saturated rings. The second kappa shape index (κ2) is 7.16. The van der Waals surface area contributed by atoms with E-state index in [9.17, 15) is 8.78 Å². The van der Waals surface area contributed by atoms with Crippen LogP contribution < -0.4 is 11.1 Å². The number of benzene rings is 2. The molecule has 0 saturated carbocycles. The maximum absolute atomic E-state index is 13.9. The van der Waals surface area contributed by atoms with Gasteiger partial charge < -0.3 is 11.1 Å². The molecular formula is C19H13F2N5S. The number of hydrogen-bond acceptors (Lipinski definition) is 6. The Kier molecular flexibility index (Phi) is 4.55. The molecule has 0 amide bonds. The molecule has 3 N–H and O–H groups in total. The number of halogens is 2. The molecular weight excluding hydrogens is 368 g/mol. The second-order valence-corrected chi connectivity index (χ2v) is 6.65. The quantitative estimate of drug-likeness (QED) is 0.496. The van der Waals surface area contributed by atoms with Crippen molar-refractivity contribution in [3.8, 4) is 0 Å². The van der Waals surface area contributed by atoms with E-state index in [-0.39, 0.29) is 17.2 Å². The Morgan fingerprint density at radius 3 is 2.67 bits per heavy atom. The van der Waals surface area contributed by atoms with Crippen molar-refractivity contribution in [2.24, 2.45) is 0 Å². The summed E-state index contributed by atoms with van der Waals surface area (Å²) >= 11 is 1.34. The first-order valence-electron chi connectivity index (χ1n) is 7.96. The summed E-state index contributed by atoms with van der Waals surface area (Å²) in [6, 6.07) is 12.9. The maximum atomic E-state index is 13.9. The van der Waals surface area contributed by atoms with E-state index in [0.29, 0.717) is 5.03 Å². The van der Waals surface area contributed by atoms with Gasteiger partial charge in [-0.1, -0.05) is 30.0 Å². The van der Waals surface area contributed by atoms with Gasteiger partial charge in [0.05, 0.1) is 11.2 Å². The number of nitrogens with two attached hydrogens (primary N) is 1. The van der Waals surface area contributed by atoms with Crippen LogP contribution in [0.15, 0.2) is 71.0 Å². The fraction of sp³-hybridized carbons (Fsp3) is 0. The zero-order valence-corrected chi connectivity index (χ0v) is 14.7. The van der Waals surface area contributed by atoms with E-state index < -0.39 is 11.6 Å². The van der Waals surface area contributed by atoms with Gasteiger partial charge in [0.1, 0.15) is 28.7 Å². The lowest BCUT2D eigenvalue weighted by molar-refractivity contribution is 0.586. The number of para-hydroxylation sites is 1. The molecule has 5 nitrogen and oxygen atoms in total. The van der Waals surface area contributed by atoms with Gasteiger partial charge in [-0.3, -0.25) is 4.98 Å². The monoisotopic (exact) mass is 381 g/mol. The number of nitrogens with zero attached hydrogens (tertiary/aromatic N) is 3. The summed E-state index contributed by atoms with van der Waals surface area (Å²) in [5.41, 5.74) is 7.35. The second-order valence-electron chi connectivity index (χ2n) is 5.62. The molecule has 0 atom stereocenters. The predicted molar refractivity (Wildman–Crippen MR) is 102 cm³/mol. The maximum Gasteiger partial charge on any atom is 0.158 e. The third-order valence-corrected chi connectivity index (χ3v) is 4.90. The molecule has 0 bridgehead atoms. The van der Waals surface area contributed by atoms with Crippen molar-refractivity contribution in [2.75, 3.05) is 11.1 Å². The lowest BCUT2D eigenvalue weighted by atomic mass is 10.2. The summed E-state index contributed by atoms with van der Waals surface area (Å²) in [7, 11) is 0. The van der Waals surface area contributed by atoms with Crippen molar-refractivity contribution in [3.63, 3.8) is 0 Å². The standard InChI is InChI=1S/C19H13F2N5S/c20-12-6-7-14(13(21)9-12)26-18-16(22)19(25-10-24-18)27-15-5-1-3-11-4-2-8-23-17(11)15/h1-10H,22H2,(H,24,25,26).